The van der Waals surface area contributed by atoms with Gasteiger partial charge in [0.15, 0.2) is 29.4 Å². The van der Waals surface area contributed by atoms with Crippen molar-refractivity contribution in [2.24, 2.45) is 10.7 Å². The minimum absolute atomic E-state index is 0.294. The SMILES string of the molecule is NC1=NC(c2cc3ccccc3o2)n2c(nc3cc4c(cc32)OCCCO4)N1. The Morgan fingerprint density at radius 1 is 1.07 bits per heavy atom. The van der Waals surface area contributed by atoms with Crippen LogP contribution in [0.25, 0.3) is 22.0 Å². The second-order valence-electron chi connectivity index (χ2n) is 6.84. The molecule has 0 amide bonds. The topological polar surface area (TPSA) is 99.8 Å². The maximum atomic E-state index is 6.07. The number of imidazole rings is 1. The summed E-state index contributed by atoms with van der Waals surface area (Å²) in [5.41, 5.74) is 8.48. The monoisotopic (exact) mass is 375 g/mol. The van der Waals surface area contributed by atoms with E-state index in [0.717, 1.165) is 28.4 Å². The van der Waals surface area contributed by atoms with Gasteiger partial charge in [0.05, 0.1) is 24.2 Å². The Morgan fingerprint density at radius 2 is 1.89 bits per heavy atom. The smallest absolute Gasteiger partial charge is 0.212 e. The first kappa shape index (κ1) is 15.4. The lowest BCUT2D eigenvalue weighted by Gasteiger charge is -2.22. The highest BCUT2D eigenvalue weighted by molar-refractivity contribution is 5.95. The van der Waals surface area contributed by atoms with Gasteiger partial charge in [0.25, 0.3) is 0 Å². The number of fused-ring (bicyclic) bond motifs is 5. The van der Waals surface area contributed by atoms with Gasteiger partial charge in [-0.2, -0.15) is 0 Å². The van der Waals surface area contributed by atoms with E-state index >= 15 is 0 Å². The van der Waals surface area contributed by atoms with Crippen molar-refractivity contribution < 1.29 is 13.9 Å². The Labute approximate surface area is 159 Å². The average Bonchev–Trinajstić information content (AvgIpc) is 3.19. The number of guanidine groups is 1. The Hall–Kier alpha value is -3.68. The molecule has 0 saturated carbocycles. The summed E-state index contributed by atoms with van der Waals surface area (Å²) in [4.78, 5) is 9.27. The van der Waals surface area contributed by atoms with Crippen molar-refractivity contribution in [3.8, 4) is 11.5 Å². The Kier molecular flexibility index (Phi) is 3.11. The minimum atomic E-state index is -0.460. The number of hydrogen-bond acceptors (Lipinski definition) is 7. The zero-order valence-electron chi connectivity index (χ0n) is 14.9. The summed E-state index contributed by atoms with van der Waals surface area (Å²) < 4.78 is 19.7. The van der Waals surface area contributed by atoms with Crippen LogP contribution in [0, 0.1) is 0 Å². The Bertz CT molecular complexity index is 1220. The number of aliphatic imine (C=N–C) groups is 1. The van der Waals surface area contributed by atoms with E-state index in [1.807, 2.05) is 47.0 Å². The molecule has 28 heavy (non-hydrogen) atoms. The van der Waals surface area contributed by atoms with Crippen molar-refractivity contribution in [3.63, 3.8) is 0 Å². The molecular formula is C20H17N5O3. The molecular weight excluding hydrogens is 358 g/mol. The number of hydrogen-bond donors (Lipinski definition) is 2. The number of rotatable bonds is 1. The summed E-state index contributed by atoms with van der Waals surface area (Å²) >= 11 is 0. The van der Waals surface area contributed by atoms with Gasteiger partial charge < -0.3 is 19.6 Å². The van der Waals surface area contributed by atoms with Gasteiger partial charge in [0.2, 0.25) is 5.95 Å². The molecule has 8 heteroatoms. The molecule has 8 nitrogen and oxygen atoms in total. The molecule has 2 aromatic heterocycles. The molecule has 140 valence electrons. The van der Waals surface area contributed by atoms with Crippen LogP contribution in [0.5, 0.6) is 11.5 Å². The van der Waals surface area contributed by atoms with E-state index in [4.69, 9.17) is 19.6 Å². The van der Waals surface area contributed by atoms with Crippen LogP contribution >= 0.6 is 0 Å². The van der Waals surface area contributed by atoms with E-state index in [-0.39, 0.29) is 0 Å². The maximum Gasteiger partial charge on any atom is 0.212 e. The van der Waals surface area contributed by atoms with Gasteiger partial charge in [-0.15, -0.1) is 0 Å². The predicted molar refractivity (Wildman–Crippen MR) is 105 cm³/mol. The number of nitrogens with zero attached hydrogens (tertiary/aromatic N) is 3. The summed E-state index contributed by atoms with van der Waals surface area (Å²) in [5, 5.41) is 4.06. The van der Waals surface area contributed by atoms with E-state index in [9.17, 15) is 0 Å². The van der Waals surface area contributed by atoms with Gasteiger partial charge in [-0.1, -0.05) is 18.2 Å². The molecule has 4 aromatic rings. The average molecular weight is 375 g/mol. The first-order chi connectivity index (χ1) is 13.8. The Morgan fingerprint density at radius 3 is 2.75 bits per heavy atom. The number of nitrogens with one attached hydrogen (secondary N) is 1. The molecule has 0 spiro atoms. The van der Waals surface area contributed by atoms with Crippen LogP contribution in [0.2, 0.25) is 0 Å². The van der Waals surface area contributed by atoms with Crippen LogP contribution in [-0.4, -0.2) is 28.7 Å². The second kappa shape index (κ2) is 5.66. The fraction of sp³-hybridized carbons (Fsp3) is 0.200. The summed E-state index contributed by atoms with van der Waals surface area (Å²) in [6, 6.07) is 13.7. The highest BCUT2D eigenvalue weighted by Gasteiger charge is 2.29. The van der Waals surface area contributed by atoms with Crippen LogP contribution in [0.15, 0.2) is 51.9 Å². The lowest BCUT2D eigenvalue weighted by Crippen LogP contribution is -2.31. The van der Waals surface area contributed by atoms with Gasteiger partial charge in [0.1, 0.15) is 5.58 Å². The predicted octanol–water partition coefficient (Wildman–Crippen LogP) is 3.23. The van der Waals surface area contributed by atoms with Crippen LogP contribution < -0.4 is 20.5 Å². The molecule has 4 heterocycles. The zero-order chi connectivity index (χ0) is 18.7. The summed E-state index contributed by atoms with van der Waals surface area (Å²) in [6.07, 6.45) is 0.389. The molecule has 3 N–H and O–H groups in total. The summed E-state index contributed by atoms with van der Waals surface area (Å²) in [7, 11) is 0. The number of anilines is 1. The third-order valence-corrected chi connectivity index (χ3v) is 5.00. The number of furan rings is 1. The largest absolute Gasteiger partial charge is 0.489 e. The Balaban J connectivity index is 1.56. The molecule has 0 saturated heterocycles. The maximum absolute atomic E-state index is 6.07. The lowest BCUT2D eigenvalue weighted by atomic mass is 10.2. The summed E-state index contributed by atoms with van der Waals surface area (Å²) in [6.45, 7) is 1.25. The zero-order valence-corrected chi connectivity index (χ0v) is 14.9. The first-order valence-corrected chi connectivity index (χ1v) is 9.17. The van der Waals surface area contributed by atoms with Gasteiger partial charge in [-0.25, -0.2) is 9.98 Å². The fourth-order valence-corrected chi connectivity index (χ4v) is 3.74. The van der Waals surface area contributed by atoms with Gasteiger partial charge >= 0.3 is 0 Å². The van der Waals surface area contributed by atoms with E-state index in [1.54, 1.807) is 0 Å². The number of benzene rings is 2. The third-order valence-electron chi connectivity index (χ3n) is 5.00. The molecule has 0 aliphatic carbocycles. The number of nitrogens with two attached hydrogens (primary N) is 1. The molecule has 2 aliphatic rings. The third kappa shape index (κ3) is 2.24. The standard InChI is InChI=1S/C20H17N5O3/c21-19-23-18(17-8-11-4-1-2-5-14(11)28-17)25-13-10-16-15(26-6-3-7-27-16)9-12(13)22-20(25)24-19/h1-2,4-5,8-10,18H,3,6-7H2,(H3,21,22,23,24). The molecule has 2 aliphatic heterocycles. The molecule has 1 unspecified atom stereocenters. The van der Waals surface area contributed by atoms with Gasteiger partial charge in [0, 0.05) is 23.9 Å². The molecule has 0 radical (unpaired) electrons. The van der Waals surface area contributed by atoms with Crippen LogP contribution in [0.4, 0.5) is 5.95 Å². The molecule has 2 aromatic carbocycles. The van der Waals surface area contributed by atoms with Crippen LogP contribution in [0.1, 0.15) is 18.3 Å². The first-order valence-electron chi connectivity index (χ1n) is 9.17. The highest BCUT2D eigenvalue weighted by Crippen LogP contribution is 2.39. The van der Waals surface area contributed by atoms with Gasteiger partial charge in [-0.3, -0.25) is 9.88 Å². The van der Waals surface area contributed by atoms with E-state index < -0.39 is 6.17 Å². The van der Waals surface area contributed by atoms with E-state index in [2.05, 4.69) is 15.3 Å². The second-order valence-corrected chi connectivity index (χ2v) is 6.84. The lowest BCUT2D eigenvalue weighted by molar-refractivity contribution is 0.297. The highest BCUT2D eigenvalue weighted by atomic mass is 16.5. The molecule has 1 atom stereocenters. The van der Waals surface area contributed by atoms with Gasteiger partial charge in [-0.05, 0) is 12.1 Å². The normalized spacial score (nSPS) is 18.4. The fourth-order valence-electron chi connectivity index (χ4n) is 3.74. The van der Waals surface area contributed by atoms with Crippen molar-refractivity contribution in [3.05, 3.63) is 48.2 Å². The molecule has 6 rings (SSSR count). The molecule has 0 fully saturated rings. The van der Waals surface area contributed by atoms with Crippen molar-refractivity contribution >= 4 is 33.9 Å². The van der Waals surface area contributed by atoms with Crippen molar-refractivity contribution in [1.82, 2.24) is 9.55 Å². The van der Waals surface area contributed by atoms with Crippen molar-refractivity contribution in [2.45, 2.75) is 12.6 Å². The molecule has 0 bridgehead atoms. The minimum Gasteiger partial charge on any atom is -0.489 e. The van der Waals surface area contributed by atoms with Crippen molar-refractivity contribution in [1.29, 1.82) is 0 Å². The summed E-state index contributed by atoms with van der Waals surface area (Å²) in [5.74, 6) is 3.00. The number of aromatic nitrogens is 2. The van der Waals surface area contributed by atoms with E-state index in [1.165, 1.54) is 0 Å². The van der Waals surface area contributed by atoms with E-state index in [0.29, 0.717) is 42.4 Å². The van der Waals surface area contributed by atoms with Crippen LogP contribution in [-0.2, 0) is 0 Å². The quantitative estimate of drug-likeness (QED) is 0.530. The van der Waals surface area contributed by atoms with Crippen LogP contribution in [0.3, 0.4) is 0 Å². The number of para-hydroxylation sites is 1. The van der Waals surface area contributed by atoms with Crippen molar-refractivity contribution in [2.75, 3.05) is 18.5 Å². The number of ether oxygens (including phenoxy) is 2.